The number of sulfonamides is 1. The van der Waals surface area contributed by atoms with Gasteiger partial charge in [-0.1, -0.05) is 23.2 Å². The first-order valence-electron chi connectivity index (χ1n) is 7.78. The summed E-state index contributed by atoms with van der Waals surface area (Å²) >= 11 is 13.7. The Labute approximate surface area is 170 Å². The summed E-state index contributed by atoms with van der Waals surface area (Å²) in [6, 6.07) is 7.96. The third kappa shape index (κ3) is 4.49. The van der Waals surface area contributed by atoms with Gasteiger partial charge in [0.05, 0.1) is 9.95 Å². The molecule has 0 bridgehead atoms. The minimum atomic E-state index is -3.98. The molecule has 11 heteroatoms. The fourth-order valence-electron chi connectivity index (χ4n) is 2.50. The van der Waals surface area contributed by atoms with Gasteiger partial charge >= 0.3 is 0 Å². The molecule has 1 saturated heterocycles. The summed E-state index contributed by atoms with van der Waals surface area (Å²) in [6.07, 6.45) is 0. The van der Waals surface area contributed by atoms with Gasteiger partial charge in [0.1, 0.15) is 16.4 Å². The SMILES string of the molecule is O=[N+]([O-])c1ccc(Oc2cc(Cl)ccc2Cl)c(S(=O)(=O)N2CCSCC2)c1. The van der Waals surface area contributed by atoms with Crippen LogP contribution in [0.15, 0.2) is 41.3 Å². The molecule has 0 N–H and O–H groups in total. The van der Waals surface area contributed by atoms with Crippen molar-refractivity contribution in [1.82, 2.24) is 4.31 Å². The standard InChI is InChI=1S/C16H14Cl2N2O5S2/c17-11-1-3-13(18)15(9-11)25-14-4-2-12(20(21)22)10-16(14)27(23,24)19-5-7-26-8-6-19/h1-4,9-10H,5-8H2. The number of nitro groups is 1. The molecule has 1 aliphatic heterocycles. The number of thioether (sulfide) groups is 1. The monoisotopic (exact) mass is 448 g/mol. The van der Waals surface area contributed by atoms with Crippen LogP contribution in [0.4, 0.5) is 5.69 Å². The third-order valence-corrected chi connectivity index (χ3v) is 7.25. The van der Waals surface area contributed by atoms with Crippen molar-refractivity contribution in [3.63, 3.8) is 0 Å². The van der Waals surface area contributed by atoms with Gasteiger partial charge in [-0.3, -0.25) is 10.1 Å². The summed E-state index contributed by atoms with van der Waals surface area (Å²) in [7, 11) is -3.98. The average Bonchev–Trinajstić information content (AvgIpc) is 2.65. The molecule has 0 spiro atoms. The highest BCUT2D eigenvalue weighted by Gasteiger charge is 2.31. The van der Waals surface area contributed by atoms with Crippen molar-refractivity contribution in [2.45, 2.75) is 4.90 Å². The van der Waals surface area contributed by atoms with E-state index >= 15 is 0 Å². The van der Waals surface area contributed by atoms with E-state index in [1.54, 1.807) is 17.8 Å². The van der Waals surface area contributed by atoms with Crippen LogP contribution >= 0.6 is 35.0 Å². The average molecular weight is 449 g/mol. The van der Waals surface area contributed by atoms with Crippen molar-refractivity contribution >= 4 is 50.7 Å². The molecule has 7 nitrogen and oxygen atoms in total. The van der Waals surface area contributed by atoms with E-state index in [1.807, 2.05) is 0 Å². The third-order valence-electron chi connectivity index (χ3n) is 3.84. The molecule has 2 aromatic rings. The van der Waals surface area contributed by atoms with E-state index < -0.39 is 14.9 Å². The van der Waals surface area contributed by atoms with Crippen LogP contribution in [0.5, 0.6) is 11.5 Å². The van der Waals surface area contributed by atoms with Crippen LogP contribution in [0.2, 0.25) is 10.0 Å². The lowest BCUT2D eigenvalue weighted by Gasteiger charge is -2.26. The minimum absolute atomic E-state index is 0.0528. The Kier molecular flexibility index (Phi) is 6.17. The first-order chi connectivity index (χ1) is 12.8. The Balaban J connectivity index is 2.08. The Hall–Kier alpha value is -1.52. The second kappa shape index (κ2) is 8.24. The predicted octanol–water partition coefficient (Wildman–Crippen LogP) is 4.43. The molecule has 0 aromatic heterocycles. The van der Waals surface area contributed by atoms with Crippen molar-refractivity contribution < 1.29 is 18.1 Å². The van der Waals surface area contributed by atoms with Crippen LogP contribution in [0.1, 0.15) is 0 Å². The number of ether oxygens (including phenoxy) is 1. The molecule has 0 unspecified atom stereocenters. The van der Waals surface area contributed by atoms with Crippen molar-refractivity contribution in [3.05, 3.63) is 56.6 Å². The van der Waals surface area contributed by atoms with E-state index in [-0.39, 0.29) is 27.1 Å². The van der Waals surface area contributed by atoms with Gasteiger partial charge in [-0.15, -0.1) is 0 Å². The van der Waals surface area contributed by atoms with Crippen LogP contribution in [0.3, 0.4) is 0 Å². The zero-order valence-electron chi connectivity index (χ0n) is 13.8. The molecule has 144 valence electrons. The van der Waals surface area contributed by atoms with Crippen LogP contribution in [-0.4, -0.2) is 42.2 Å². The number of hydrogen-bond acceptors (Lipinski definition) is 6. The van der Waals surface area contributed by atoms with E-state index in [4.69, 9.17) is 27.9 Å². The summed E-state index contributed by atoms with van der Waals surface area (Å²) in [5.41, 5.74) is -0.343. The van der Waals surface area contributed by atoms with Gasteiger partial charge in [0.15, 0.2) is 0 Å². The maximum Gasteiger partial charge on any atom is 0.271 e. The maximum absolute atomic E-state index is 13.1. The molecule has 27 heavy (non-hydrogen) atoms. The summed E-state index contributed by atoms with van der Waals surface area (Å²) in [5.74, 6) is 1.42. The summed E-state index contributed by atoms with van der Waals surface area (Å²) in [6.45, 7) is 0.653. The van der Waals surface area contributed by atoms with E-state index in [2.05, 4.69) is 0 Å². The van der Waals surface area contributed by atoms with Gasteiger partial charge in [0, 0.05) is 47.8 Å². The van der Waals surface area contributed by atoms with E-state index in [1.165, 1.54) is 28.6 Å². The zero-order valence-corrected chi connectivity index (χ0v) is 16.9. The predicted molar refractivity (Wildman–Crippen MR) is 106 cm³/mol. The molecule has 3 rings (SSSR count). The van der Waals surface area contributed by atoms with Gasteiger partial charge in [0.25, 0.3) is 5.69 Å². The zero-order chi connectivity index (χ0) is 19.6. The highest BCUT2D eigenvalue weighted by Crippen LogP contribution is 2.37. The van der Waals surface area contributed by atoms with Crippen LogP contribution in [0.25, 0.3) is 0 Å². The Morgan fingerprint density at radius 3 is 2.44 bits per heavy atom. The Morgan fingerprint density at radius 1 is 1.07 bits per heavy atom. The number of non-ortho nitro benzene ring substituents is 1. The first-order valence-corrected chi connectivity index (χ1v) is 11.1. The number of halogens is 2. The lowest BCUT2D eigenvalue weighted by atomic mass is 10.3. The van der Waals surface area contributed by atoms with Crippen molar-refractivity contribution in [2.24, 2.45) is 0 Å². The number of hydrogen-bond donors (Lipinski definition) is 0. The van der Waals surface area contributed by atoms with Gasteiger partial charge in [-0.2, -0.15) is 16.1 Å². The minimum Gasteiger partial charge on any atom is -0.454 e. The topological polar surface area (TPSA) is 89.7 Å². The largest absolute Gasteiger partial charge is 0.454 e. The summed E-state index contributed by atoms with van der Waals surface area (Å²) < 4.78 is 33.1. The second-order valence-electron chi connectivity index (χ2n) is 5.58. The van der Waals surface area contributed by atoms with Crippen LogP contribution in [-0.2, 0) is 10.0 Å². The van der Waals surface area contributed by atoms with Gasteiger partial charge in [-0.25, -0.2) is 8.42 Å². The molecular formula is C16H14Cl2N2O5S2. The highest BCUT2D eigenvalue weighted by atomic mass is 35.5. The molecule has 0 saturated carbocycles. The van der Waals surface area contributed by atoms with Crippen molar-refractivity contribution in [1.29, 1.82) is 0 Å². The fraction of sp³-hybridized carbons (Fsp3) is 0.250. The molecule has 2 aromatic carbocycles. The molecule has 1 aliphatic rings. The Morgan fingerprint density at radius 2 is 1.78 bits per heavy atom. The quantitative estimate of drug-likeness (QED) is 0.496. The van der Waals surface area contributed by atoms with Crippen molar-refractivity contribution in [3.8, 4) is 11.5 Å². The normalized spacial score (nSPS) is 15.5. The maximum atomic E-state index is 13.1. The summed E-state index contributed by atoms with van der Waals surface area (Å²) in [4.78, 5) is 10.2. The number of rotatable bonds is 5. The Bertz CT molecular complexity index is 979. The van der Waals surface area contributed by atoms with E-state index in [9.17, 15) is 18.5 Å². The lowest BCUT2D eigenvalue weighted by Crippen LogP contribution is -2.38. The number of benzene rings is 2. The molecule has 0 radical (unpaired) electrons. The van der Waals surface area contributed by atoms with Crippen molar-refractivity contribution in [2.75, 3.05) is 24.6 Å². The number of nitrogens with zero attached hydrogens (tertiary/aromatic N) is 2. The smallest absolute Gasteiger partial charge is 0.271 e. The fourth-order valence-corrected chi connectivity index (χ4v) is 5.52. The lowest BCUT2D eigenvalue weighted by molar-refractivity contribution is -0.385. The van der Waals surface area contributed by atoms with Crippen LogP contribution < -0.4 is 4.74 Å². The summed E-state index contributed by atoms with van der Waals surface area (Å²) in [5, 5.41) is 11.7. The van der Waals surface area contributed by atoms with Crippen LogP contribution in [0, 0.1) is 10.1 Å². The highest BCUT2D eigenvalue weighted by molar-refractivity contribution is 7.99. The molecule has 1 heterocycles. The van der Waals surface area contributed by atoms with E-state index in [0.29, 0.717) is 29.6 Å². The van der Waals surface area contributed by atoms with Gasteiger partial charge in [0.2, 0.25) is 10.0 Å². The second-order valence-corrected chi connectivity index (χ2v) is 9.56. The van der Waals surface area contributed by atoms with Gasteiger partial charge < -0.3 is 4.74 Å². The van der Waals surface area contributed by atoms with Gasteiger partial charge in [-0.05, 0) is 18.2 Å². The molecular weight excluding hydrogens is 435 g/mol. The van der Waals surface area contributed by atoms with E-state index in [0.717, 1.165) is 6.07 Å². The first kappa shape index (κ1) is 20.2. The molecule has 0 amide bonds. The molecule has 0 aliphatic carbocycles. The molecule has 1 fully saturated rings. The molecule has 0 atom stereocenters. The number of nitro benzene ring substituents is 1.